The van der Waals surface area contributed by atoms with Gasteiger partial charge < -0.3 is 15.2 Å². The molecular formula is C19H24N2O5. The number of carboxylic acid groups (broad SMARTS) is 1. The van der Waals surface area contributed by atoms with Gasteiger partial charge in [-0.15, -0.1) is 0 Å². The van der Waals surface area contributed by atoms with Crippen molar-refractivity contribution in [2.45, 2.75) is 38.5 Å². The van der Waals surface area contributed by atoms with Crippen molar-refractivity contribution in [2.24, 2.45) is 11.8 Å². The molecule has 2 atom stereocenters. The van der Waals surface area contributed by atoms with Crippen LogP contribution in [0.25, 0.3) is 0 Å². The van der Waals surface area contributed by atoms with Crippen LogP contribution in [0.4, 0.5) is 16.2 Å². The maximum atomic E-state index is 12.6. The minimum Gasteiger partial charge on any atom is -0.481 e. The third kappa shape index (κ3) is 3.66. The van der Waals surface area contributed by atoms with E-state index in [4.69, 9.17) is 4.74 Å². The summed E-state index contributed by atoms with van der Waals surface area (Å²) < 4.78 is 4.82. The van der Waals surface area contributed by atoms with Crippen LogP contribution in [0.1, 0.15) is 37.7 Å². The molecule has 3 rings (SSSR count). The summed E-state index contributed by atoms with van der Waals surface area (Å²) in [6.45, 7) is 0.605. The van der Waals surface area contributed by atoms with Gasteiger partial charge >= 0.3 is 12.1 Å². The van der Waals surface area contributed by atoms with E-state index in [0.29, 0.717) is 25.1 Å². The number of aliphatic carboxylic acids is 1. The van der Waals surface area contributed by atoms with Gasteiger partial charge in [-0.05, 0) is 49.4 Å². The number of carbonyl (C=O) groups is 3. The maximum Gasteiger partial charge on any atom is 0.414 e. The fraction of sp³-hybridized carbons (Fsp3) is 0.526. The molecule has 7 heteroatoms. The fourth-order valence-electron chi connectivity index (χ4n) is 3.95. The van der Waals surface area contributed by atoms with E-state index in [9.17, 15) is 19.5 Å². The summed E-state index contributed by atoms with van der Waals surface area (Å²) >= 11 is 0. The number of amides is 2. The molecule has 1 aliphatic carbocycles. The number of hydrogen-bond donors (Lipinski definition) is 2. The molecule has 0 spiro atoms. The quantitative estimate of drug-likeness (QED) is 0.864. The molecule has 140 valence electrons. The topological polar surface area (TPSA) is 95.9 Å². The van der Waals surface area contributed by atoms with E-state index < -0.39 is 23.9 Å². The monoisotopic (exact) mass is 360 g/mol. The van der Waals surface area contributed by atoms with Gasteiger partial charge in [0, 0.05) is 12.2 Å². The van der Waals surface area contributed by atoms with Crippen LogP contribution in [0.5, 0.6) is 0 Å². The second-order valence-electron chi connectivity index (χ2n) is 6.89. The number of fused-ring (bicyclic) bond motifs is 1. The van der Waals surface area contributed by atoms with Crippen molar-refractivity contribution < 1.29 is 24.2 Å². The zero-order valence-corrected chi connectivity index (χ0v) is 14.9. The molecule has 1 heterocycles. The Morgan fingerprint density at radius 2 is 1.88 bits per heavy atom. The summed E-state index contributed by atoms with van der Waals surface area (Å²) in [7, 11) is 1.36. The lowest BCUT2D eigenvalue weighted by atomic mass is 9.78. The van der Waals surface area contributed by atoms with Crippen molar-refractivity contribution in [1.82, 2.24) is 0 Å². The van der Waals surface area contributed by atoms with E-state index in [1.54, 1.807) is 17.0 Å². The fourth-order valence-corrected chi connectivity index (χ4v) is 3.95. The second-order valence-corrected chi connectivity index (χ2v) is 6.89. The number of benzene rings is 1. The maximum absolute atomic E-state index is 12.6. The normalized spacial score (nSPS) is 22.3. The minimum atomic E-state index is -0.899. The molecule has 7 nitrogen and oxygen atoms in total. The van der Waals surface area contributed by atoms with Gasteiger partial charge in [-0.2, -0.15) is 0 Å². The Morgan fingerprint density at radius 3 is 2.58 bits per heavy atom. The molecule has 2 N–H and O–H groups in total. The largest absolute Gasteiger partial charge is 0.481 e. The molecular weight excluding hydrogens is 336 g/mol. The van der Waals surface area contributed by atoms with Gasteiger partial charge in [-0.1, -0.05) is 12.8 Å². The van der Waals surface area contributed by atoms with E-state index in [-0.39, 0.29) is 5.91 Å². The molecule has 0 saturated heterocycles. The van der Waals surface area contributed by atoms with Crippen molar-refractivity contribution in [2.75, 3.05) is 23.9 Å². The SMILES string of the molecule is COC(=O)N1CCCc2cc(NC(=O)[C@@H]3CCCC[C@@H]3C(=O)O)ccc21. The summed E-state index contributed by atoms with van der Waals surface area (Å²) in [6, 6.07) is 5.41. The number of anilines is 2. The summed E-state index contributed by atoms with van der Waals surface area (Å²) in [5, 5.41) is 12.2. The number of aryl methyl sites for hydroxylation is 1. The molecule has 0 bridgehead atoms. The zero-order valence-electron chi connectivity index (χ0n) is 14.9. The lowest BCUT2D eigenvalue weighted by Gasteiger charge is -2.29. The highest BCUT2D eigenvalue weighted by Crippen LogP contribution is 2.33. The smallest absolute Gasteiger partial charge is 0.414 e. The number of rotatable bonds is 3. The third-order valence-electron chi connectivity index (χ3n) is 5.28. The van der Waals surface area contributed by atoms with Gasteiger partial charge in [-0.25, -0.2) is 4.79 Å². The molecule has 1 aromatic rings. The Kier molecular flexibility index (Phi) is 5.44. The molecule has 1 aliphatic heterocycles. The van der Waals surface area contributed by atoms with Crippen molar-refractivity contribution in [3.63, 3.8) is 0 Å². The summed E-state index contributed by atoms with van der Waals surface area (Å²) in [4.78, 5) is 37.5. The number of nitrogens with zero attached hydrogens (tertiary/aromatic N) is 1. The lowest BCUT2D eigenvalue weighted by molar-refractivity contribution is -0.147. The van der Waals surface area contributed by atoms with E-state index in [0.717, 1.165) is 36.9 Å². The highest BCUT2D eigenvalue weighted by molar-refractivity contribution is 5.96. The minimum absolute atomic E-state index is 0.238. The van der Waals surface area contributed by atoms with Crippen LogP contribution in [0.2, 0.25) is 0 Å². The Bertz CT molecular complexity index is 718. The zero-order chi connectivity index (χ0) is 18.7. The second kappa shape index (κ2) is 7.76. The number of carbonyl (C=O) groups excluding carboxylic acids is 2. The molecule has 2 amide bonds. The first-order chi connectivity index (χ1) is 12.5. The van der Waals surface area contributed by atoms with Crippen LogP contribution in [0.3, 0.4) is 0 Å². The van der Waals surface area contributed by atoms with Gasteiger partial charge in [0.1, 0.15) is 0 Å². The predicted octanol–water partition coefficient (Wildman–Crippen LogP) is 3.04. The Labute approximate surface area is 152 Å². The van der Waals surface area contributed by atoms with Crippen LogP contribution in [-0.2, 0) is 20.7 Å². The van der Waals surface area contributed by atoms with Crippen LogP contribution >= 0.6 is 0 Å². The van der Waals surface area contributed by atoms with Crippen LogP contribution in [0.15, 0.2) is 18.2 Å². The Morgan fingerprint density at radius 1 is 1.15 bits per heavy atom. The van der Waals surface area contributed by atoms with Crippen molar-refractivity contribution in [1.29, 1.82) is 0 Å². The molecule has 0 radical (unpaired) electrons. The van der Waals surface area contributed by atoms with E-state index in [1.807, 2.05) is 6.07 Å². The predicted molar refractivity (Wildman–Crippen MR) is 96.2 cm³/mol. The molecule has 0 unspecified atom stereocenters. The van der Waals surface area contributed by atoms with Crippen LogP contribution in [0, 0.1) is 11.8 Å². The molecule has 1 fully saturated rings. The van der Waals surface area contributed by atoms with Gasteiger partial charge in [-0.3, -0.25) is 14.5 Å². The summed E-state index contributed by atoms with van der Waals surface area (Å²) in [5.41, 5.74) is 2.40. The molecule has 1 saturated carbocycles. The van der Waals surface area contributed by atoms with Crippen molar-refractivity contribution >= 4 is 29.3 Å². The number of carboxylic acids is 1. The summed E-state index contributed by atoms with van der Waals surface area (Å²) in [5.74, 6) is -2.25. The number of methoxy groups -OCH3 is 1. The van der Waals surface area contributed by atoms with Crippen LogP contribution in [-0.4, -0.2) is 36.7 Å². The molecule has 1 aromatic carbocycles. The summed E-state index contributed by atoms with van der Waals surface area (Å²) in [6.07, 6.45) is 4.12. The first kappa shape index (κ1) is 18.2. The standard InChI is InChI=1S/C19H24N2O5/c1-26-19(25)21-10-4-5-12-11-13(8-9-16(12)21)20-17(22)14-6-2-3-7-15(14)18(23)24/h8-9,11,14-15H,2-7,10H2,1H3,(H,20,22)(H,23,24)/t14-,15+/m1/s1. The Hall–Kier alpha value is -2.57. The lowest BCUT2D eigenvalue weighted by Crippen LogP contribution is -2.36. The van der Waals surface area contributed by atoms with E-state index in [1.165, 1.54) is 7.11 Å². The highest BCUT2D eigenvalue weighted by Gasteiger charge is 2.35. The van der Waals surface area contributed by atoms with Crippen molar-refractivity contribution in [3.8, 4) is 0 Å². The highest BCUT2D eigenvalue weighted by atomic mass is 16.5. The number of ether oxygens (including phenoxy) is 1. The van der Waals surface area contributed by atoms with Gasteiger partial charge in [0.2, 0.25) is 5.91 Å². The van der Waals surface area contributed by atoms with Gasteiger partial charge in [0.25, 0.3) is 0 Å². The van der Waals surface area contributed by atoms with Crippen LogP contribution < -0.4 is 10.2 Å². The van der Waals surface area contributed by atoms with E-state index in [2.05, 4.69) is 5.32 Å². The average molecular weight is 360 g/mol. The first-order valence-corrected chi connectivity index (χ1v) is 9.03. The molecule has 26 heavy (non-hydrogen) atoms. The third-order valence-corrected chi connectivity index (χ3v) is 5.28. The van der Waals surface area contributed by atoms with E-state index >= 15 is 0 Å². The van der Waals surface area contributed by atoms with Crippen molar-refractivity contribution in [3.05, 3.63) is 23.8 Å². The molecule has 2 aliphatic rings. The Balaban J connectivity index is 1.75. The van der Waals surface area contributed by atoms with Gasteiger partial charge in [0.15, 0.2) is 0 Å². The number of nitrogens with one attached hydrogen (secondary N) is 1. The number of hydrogen-bond acceptors (Lipinski definition) is 4. The average Bonchev–Trinajstić information content (AvgIpc) is 2.66. The molecule has 0 aromatic heterocycles. The van der Waals surface area contributed by atoms with Gasteiger partial charge in [0.05, 0.1) is 24.6 Å². The first-order valence-electron chi connectivity index (χ1n) is 9.03.